The lowest BCUT2D eigenvalue weighted by molar-refractivity contribution is 0.625. The minimum absolute atomic E-state index is 0.00250. The summed E-state index contributed by atoms with van der Waals surface area (Å²) in [5.74, 6) is -1.24. The number of nitriles is 1. The summed E-state index contributed by atoms with van der Waals surface area (Å²) < 4.78 is 28.7. The molecule has 0 spiro atoms. The van der Waals surface area contributed by atoms with Crippen LogP contribution in [0.2, 0.25) is 5.02 Å². The van der Waals surface area contributed by atoms with Crippen molar-refractivity contribution in [3.8, 4) is 11.8 Å². The highest BCUT2D eigenvalue weighted by Crippen LogP contribution is 2.29. The molecule has 8 heteroatoms. The van der Waals surface area contributed by atoms with Gasteiger partial charge in [-0.2, -0.15) is 10.4 Å². The Morgan fingerprint density at radius 1 is 1.33 bits per heavy atom. The minimum atomic E-state index is -0.633. The zero-order chi connectivity index (χ0) is 15.1. The number of hydrogen-bond acceptors (Lipinski definition) is 3. The van der Waals surface area contributed by atoms with Crippen LogP contribution in [0.3, 0.4) is 0 Å². The van der Waals surface area contributed by atoms with E-state index in [0.717, 1.165) is 18.3 Å². The molecule has 3 aromatic rings. The van der Waals surface area contributed by atoms with Gasteiger partial charge in [-0.3, -0.25) is 0 Å². The molecule has 0 aliphatic carbocycles. The van der Waals surface area contributed by atoms with Crippen molar-refractivity contribution in [3.63, 3.8) is 0 Å². The zero-order valence-electron chi connectivity index (χ0n) is 10.1. The van der Waals surface area contributed by atoms with E-state index in [0.29, 0.717) is 9.99 Å². The number of rotatable bonds is 1. The highest BCUT2D eigenvalue weighted by atomic mass is 79.9. The quantitative estimate of drug-likeness (QED) is 0.610. The van der Waals surface area contributed by atoms with Crippen molar-refractivity contribution in [2.45, 2.75) is 0 Å². The van der Waals surface area contributed by atoms with Gasteiger partial charge in [-0.25, -0.2) is 18.4 Å². The monoisotopic (exact) mass is 368 g/mol. The van der Waals surface area contributed by atoms with Gasteiger partial charge in [0.1, 0.15) is 27.7 Å². The Hall–Kier alpha value is -2.04. The third-order valence-corrected chi connectivity index (χ3v) is 3.75. The molecule has 0 N–H and O–H groups in total. The van der Waals surface area contributed by atoms with Gasteiger partial charge in [0, 0.05) is 6.20 Å². The van der Waals surface area contributed by atoms with Crippen molar-refractivity contribution < 1.29 is 8.78 Å². The summed E-state index contributed by atoms with van der Waals surface area (Å²) >= 11 is 9.18. The predicted molar refractivity (Wildman–Crippen MR) is 76.2 cm³/mol. The first-order valence-corrected chi connectivity index (χ1v) is 6.77. The molecule has 104 valence electrons. The normalized spacial score (nSPS) is 10.8. The second-order valence-electron chi connectivity index (χ2n) is 4.13. The second-order valence-corrected chi connectivity index (χ2v) is 5.29. The van der Waals surface area contributed by atoms with Crippen LogP contribution >= 0.6 is 27.5 Å². The number of halogens is 4. The van der Waals surface area contributed by atoms with Gasteiger partial charge < -0.3 is 0 Å². The van der Waals surface area contributed by atoms with E-state index in [1.165, 1.54) is 10.9 Å². The summed E-state index contributed by atoms with van der Waals surface area (Å²) in [5.41, 5.74) is 0.251. The molecule has 0 aliphatic heterocycles. The van der Waals surface area contributed by atoms with E-state index in [1.807, 2.05) is 6.07 Å². The molecular weight excluding hydrogens is 366 g/mol. The van der Waals surface area contributed by atoms with E-state index in [9.17, 15) is 8.78 Å². The maximum Gasteiger partial charge on any atom is 0.169 e. The van der Waals surface area contributed by atoms with Gasteiger partial charge in [0.2, 0.25) is 0 Å². The smallest absolute Gasteiger partial charge is 0.169 e. The molecule has 0 bridgehead atoms. The number of hydrogen-bond donors (Lipinski definition) is 0. The molecule has 2 aromatic heterocycles. The van der Waals surface area contributed by atoms with Crippen LogP contribution in [0, 0.1) is 23.0 Å². The van der Waals surface area contributed by atoms with Crippen molar-refractivity contribution in [3.05, 3.63) is 51.4 Å². The molecule has 0 fully saturated rings. The molecule has 0 radical (unpaired) electrons. The maximum atomic E-state index is 13.7. The lowest BCUT2D eigenvalue weighted by Gasteiger charge is -2.06. The predicted octanol–water partition coefficient (Wildman–Crippen LogP) is 3.99. The van der Waals surface area contributed by atoms with E-state index < -0.39 is 11.6 Å². The van der Waals surface area contributed by atoms with E-state index in [2.05, 4.69) is 26.0 Å². The summed E-state index contributed by atoms with van der Waals surface area (Å²) in [4.78, 5) is 3.82. The summed E-state index contributed by atoms with van der Waals surface area (Å²) in [5, 5.41) is 13.6. The second kappa shape index (κ2) is 5.06. The first-order chi connectivity index (χ1) is 10.0. The molecule has 0 saturated carbocycles. The van der Waals surface area contributed by atoms with Gasteiger partial charge in [-0.1, -0.05) is 11.6 Å². The topological polar surface area (TPSA) is 54.5 Å². The average molecular weight is 370 g/mol. The van der Waals surface area contributed by atoms with E-state index in [-0.39, 0.29) is 21.8 Å². The van der Waals surface area contributed by atoms with Crippen LogP contribution in [-0.2, 0) is 0 Å². The van der Waals surface area contributed by atoms with E-state index in [4.69, 9.17) is 16.9 Å². The van der Waals surface area contributed by atoms with Crippen LogP contribution in [-0.4, -0.2) is 14.8 Å². The Labute approximate surface area is 130 Å². The zero-order valence-corrected chi connectivity index (χ0v) is 12.5. The summed E-state index contributed by atoms with van der Waals surface area (Å²) in [7, 11) is 0. The average Bonchev–Trinajstić information content (AvgIpc) is 2.88. The van der Waals surface area contributed by atoms with Crippen molar-refractivity contribution in [2.24, 2.45) is 0 Å². The van der Waals surface area contributed by atoms with Gasteiger partial charge in [-0.15, -0.1) is 0 Å². The molecule has 0 unspecified atom stereocenters. The molecule has 1 aromatic carbocycles. The van der Waals surface area contributed by atoms with Crippen LogP contribution in [0.15, 0.2) is 29.1 Å². The molecule has 0 atom stereocenters. The Kier molecular flexibility index (Phi) is 3.35. The number of nitrogens with zero attached hydrogens (tertiary/aromatic N) is 4. The van der Waals surface area contributed by atoms with Crippen LogP contribution in [0.1, 0.15) is 5.56 Å². The van der Waals surface area contributed by atoms with Crippen molar-refractivity contribution in [1.82, 2.24) is 14.8 Å². The molecule has 3 rings (SSSR count). The van der Waals surface area contributed by atoms with Crippen LogP contribution in [0.4, 0.5) is 8.78 Å². The van der Waals surface area contributed by atoms with E-state index >= 15 is 0 Å². The first kappa shape index (κ1) is 13.9. The SMILES string of the molecule is N#Cc1cc(F)cc(Cl)c1-n1cc2c(Br)ncc(F)c2n1. The Morgan fingerprint density at radius 3 is 2.76 bits per heavy atom. The van der Waals surface area contributed by atoms with Gasteiger partial charge in [0.25, 0.3) is 0 Å². The molecule has 21 heavy (non-hydrogen) atoms. The first-order valence-electron chi connectivity index (χ1n) is 5.60. The van der Waals surface area contributed by atoms with Gasteiger partial charge >= 0.3 is 0 Å². The lowest BCUT2D eigenvalue weighted by atomic mass is 10.2. The fraction of sp³-hybridized carbons (Fsp3) is 0. The van der Waals surface area contributed by atoms with Crippen molar-refractivity contribution >= 4 is 38.4 Å². The minimum Gasteiger partial charge on any atom is -0.245 e. The fourth-order valence-corrected chi connectivity index (χ4v) is 2.63. The number of fused-ring (bicyclic) bond motifs is 1. The van der Waals surface area contributed by atoms with Crippen molar-refractivity contribution in [1.29, 1.82) is 5.26 Å². The molecule has 0 aliphatic rings. The van der Waals surface area contributed by atoms with Gasteiger partial charge in [0.05, 0.1) is 22.2 Å². The summed E-state index contributed by atoms with van der Waals surface area (Å²) in [6.07, 6.45) is 2.50. The lowest BCUT2D eigenvalue weighted by Crippen LogP contribution is -2.00. The fourth-order valence-electron chi connectivity index (χ4n) is 1.94. The number of benzene rings is 1. The van der Waals surface area contributed by atoms with Gasteiger partial charge in [0.15, 0.2) is 5.82 Å². The molecule has 0 saturated heterocycles. The summed E-state index contributed by atoms with van der Waals surface area (Å²) in [6, 6.07) is 3.95. The highest BCUT2D eigenvalue weighted by Gasteiger charge is 2.16. The van der Waals surface area contributed by atoms with Crippen LogP contribution in [0.25, 0.3) is 16.6 Å². The van der Waals surface area contributed by atoms with Crippen LogP contribution in [0.5, 0.6) is 0 Å². The molecule has 0 amide bonds. The Bertz CT molecular complexity index is 878. The largest absolute Gasteiger partial charge is 0.245 e. The third-order valence-electron chi connectivity index (χ3n) is 2.83. The van der Waals surface area contributed by atoms with Crippen molar-refractivity contribution in [2.75, 3.05) is 0 Å². The Balaban J connectivity index is 2.34. The molecular formula is C13H4BrClF2N4. The highest BCUT2D eigenvalue weighted by molar-refractivity contribution is 9.10. The van der Waals surface area contributed by atoms with E-state index in [1.54, 1.807) is 0 Å². The molecule has 4 nitrogen and oxygen atoms in total. The third kappa shape index (κ3) is 2.26. The van der Waals surface area contributed by atoms with Gasteiger partial charge in [-0.05, 0) is 28.1 Å². The maximum absolute atomic E-state index is 13.7. The number of aromatic nitrogens is 3. The standard InChI is InChI=1S/C13H4BrClF2N4/c14-13-8-5-21(20-11(8)10(17)4-19-13)12-6(3-18)1-7(16)2-9(12)15/h1-2,4-5H. The summed E-state index contributed by atoms with van der Waals surface area (Å²) in [6.45, 7) is 0. The number of pyridine rings is 1. The van der Waals surface area contributed by atoms with Crippen LogP contribution < -0.4 is 0 Å². The molecule has 2 heterocycles. The Morgan fingerprint density at radius 2 is 2.10 bits per heavy atom.